The Labute approximate surface area is 132 Å². The molecule has 2 aliphatic carbocycles. The van der Waals surface area contributed by atoms with E-state index < -0.39 is 11.7 Å². The fraction of sp³-hybridized carbons (Fsp3) is 0.562. The Kier molecular flexibility index (Phi) is 4.10. The summed E-state index contributed by atoms with van der Waals surface area (Å²) in [6.45, 7) is 0. The van der Waals surface area contributed by atoms with Crippen LogP contribution in [-0.4, -0.2) is 5.91 Å². The number of anilines is 1. The third-order valence-corrected chi connectivity index (χ3v) is 5.22. The van der Waals surface area contributed by atoms with E-state index in [-0.39, 0.29) is 16.6 Å². The maximum absolute atomic E-state index is 12.8. The van der Waals surface area contributed by atoms with Crippen molar-refractivity contribution < 1.29 is 18.0 Å². The number of carbonyl (C=O) groups excluding carboxylic acids is 1. The molecular formula is C16H17ClF3NO. The van der Waals surface area contributed by atoms with Gasteiger partial charge in [0.05, 0.1) is 10.6 Å². The van der Waals surface area contributed by atoms with Crippen LogP contribution in [0.15, 0.2) is 18.2 Å². The average molecular weight is 332 g/mol. The van der Waals surface area contributed by atoms with Crippen LogP contribution in [-0.2, 0) is 11.0 Å². The molecule has 2 aliphatic rings. The molecule has 1 aromatic rings. The van der Waals surface area contributed by atoms with Gasteiger partial charge in [0.2, 0.25) is 5.91 Å². The third-order valence-electron chi connectivity index (χ3n) is 4.89. The van der Waals surface area contributed by atoms with Crippen molar-refractivity contribution in [3.63, 3.8) is 0 Å². The van der Waals surface area contributed by atoms with Crippen LogP contribution in [0.1, 0.15) is 37.7 Å². The summed E-state index contributed by atoms with van der Waals surface area (Å²) in [6, 6.07) is 3.45. The molecule has 0 saturated heterocycles. The molecule has 6 heteroatoms. The molecule has 1 aromatic carbocycles. The number of rotatable bonds is 3. The maximum Gasteiger partial charge on any atom is 0.417 e. The van der Waals surface area contributed by atoms with Gasteiger partial charge in [-0.25, -0.2) is 0 Å². The Balaban J connectivity index is 1.64. The zero-order chi connectivity index (χ0) is 15.9. The number of hydrogen-bond acceptors (Lipinski definition) is 1. The van der Waals surface area contributed by atoms with Gasteiger partial charge in [0.15, 0.2) is 0 Å². The van der Waals surface area contributed by atoms with E-state index in [1.54, 1.807) is 0 Å². The largest absolute Gasteiger partial charge is 0.417 e. The van der Waals surface area contributed by atoms with Gasteiger partial charge in [-0.05, 0) is 55.2 Å². The first-order valence-corrected chi connectivity index (χ1v) is 7.87. The molecule has 2 saturated carbocycles. The summed E-state index contributed by atoms with van der Waals surface area (Å²) in [6.07, 6.45) is 0.591. The highest BCUT2D eigenvalue weighted by Gasteiger charge is 2.40. The first-order valence-electron chi connectivity index (χ1n) is 7.49. The zero-order valence-electron chi connectivity index (χ0n) is 11.9. The molecule has 0 spiro atoms. The number of hydrogen-bond donors (Lipinski definition) is 1. The predicted molar refractivity (Wildman–Crippen MR) is 78.6 cm³/mol. The van der Waals surface area contributed by atoms with E-state index in [1.807, 2.05) is 0 Å². The Morgan fingerprint density at radius 2 is 2.05 bits per heavy atom. The van der Waals surface area contributed by atoms with E-state index in [2.05, 4.69) is 5.32 Å². The Hall–Kier alpha value is -1.23. The lowest BCUT2D eigenvalue weighted by Crippen LogP contribution is -2.20. The average Bonchev–Trinajstić information content (AvgIpc) is 3.02. The van der Waals surface area contributed by atoms with Gasteiger partial charge in [-0.1, -0.05) is 18.0 Å². The van der Waals surface area contributed by atoms with E-state index in [0.29, 0.717) is 18.3 Å². The van der Waals surface area contributed by atoms with Crippen LogP contribution < -0.4 is 5.32 Å². The van der Waals surface area contributed by atoms with Crippen molar-refractivity contribution in [1.82, 2.24) is 0 Å². The summed E-state index contributed by atoms with van der Waals surface area (Å²) in [5.41, 5.74) is -0.781. The molecule has 0 radical (unpaired) electrons. The molecule has 2 fully saturated rings. The number of fused-ring (bicyclic) bond motifs is 2. The minimum atomic E-state index is -4.53. The van der Waals surface area contributed by atoms with E-state index in [9.17, 15) is 18.0 Å². The quantitative estimate of drug-likeness (QED) is 0.818. The van der Waals surface area contributed by atoms with Crippen LogP contribution in [0.5, 0.6) is 0 Å². The van der Waals surface area contributed by atoms with Gasteiger partial charge in [-0.15, -0.1) is 0 Å². The molecule has 2 bridgehead atoms. The fourth-order valence-electron chi connectivity index (χ4n) is 3.90. The molecule has 0 aromatic heterocycles. The number of halogens is 4. The van der Waals surface area contributed by atoms with Gasteiger partial charge >= 0.3 is 6.18 Å². The summed E-state index contributed by atoms with van der Waals surface area (Å²) in [4.78, 5) is 12.1. The van der Waals surface area contributed by atoms with Gasteiger partial charge in [0.25, 0.3) is 0 Å². The number of benzene rings is 1. The van der Waals surface area contributed by atoms with Crippen LogP contribution in [0, 0.1) is 17.8 Å². The minimum Gasteiger partial charge on any atom is -0.326 e. The van der Waals surface area contributed by atoms with Crippen LogP contribution in [0.25, 0.3) is 0 Å². The lowest BCUT2D eigenvalue weighted by molar-refractivity contribution is -0.137. The first kappa shape index (κ1) is 15.7. The van der Waals surface area contributed by atoms with Crippen LogP contribution in [0.4, 0.5) is 18.9 Å². The molecule has 0 unspecified atom stereocenters. The van der Waals surface area contributed by atoms with E-state index in [0.717, 1.165) is 24.5 Å². The highest BCUT2D eigenvalue weighted by molar-refractivity contribution is 6.31. The minimum absolute atomic E-state index is 0.143. The summed E-state index contributed by atoms with van der Waals surface area (Å²) >= 11 is 5.56. The third kappa shape index (κ3) is 3.24. The number of amides is 1. The number of nitrogens with one attached hydrogen (secondary N) is 1. The smallest absolute Gasteiger partial charge is 0.326 e. The van der Waals surface area contributed by atoms with E-state index >= 15 is 0 Å². The molecule has 1 N–H and O–H groups in total. The zero-order valence-corrected chi connectivity index (χ0v) is 12.7. The van der Waals surface area contributed by atoms with Crippen LogP contribution in [0.2, 0.25) is 5.02 Å². The van der Waals surface area contributed by atoms with Crippen molar-refractivity contribution in [2.24, 2.45) is 17.8 Å². The Morgan fingerprint density at radius 1 is 1.27 bits per heavy atom. The summed E-state index contributed by atoms with van der Waals surface area (Å²) < 4.78 is 38.4. The van der Waals surface area contributed by atoms with Gasteiger partial charge < -0.3 is 5.32 Å². The van der Waals surface area contributed by atoms with Crippen molar-refractivity contribution in [3.8, 4) is 0 Å². The van der Waals surface area contributed by atoms with E-state index in [4.69, 9.17) is 11.6 Å². The van der Waals surface area contributed by atoms with Gasteiger partial charge in [0, 0.05) is 12.1 Å². The Morgan fingerprint density at radius 3 is 2.64 bits per heavy atom. The highest BCUT2D eigenvalue weighted by Crippen LogP contribution is 2.49. The monoisotopic (exact) mass is 331 g/mol. The standard InChI is InChI=1S/C16H17ClF3NO/c17-14-4-3-12(8-13(14)16(18,19)20)21-15(22)7-11-6-9-1-2-10(11)5-9/h3-4,8-11H,1-2,5-7H2,(H,21,22)/t9-,10-,11-/m0/s1. The summed E-state index contributed by atoms with van der Waals surface area (Å²) in [7, 11) is 0. The maximum atomic E-state index is 12.8. The molecule has 3 rings (SSSR count). The van der Waals surface area contributed by atoms with Crippen molar-refractivity contribution in [2.75, 3.05) is 5.32 Å². The summed E-state index contributed by atoms with van der Waals surface area (Å²) in [5, 5.41) is 2.21. The SMILES string of the molecule is O=C(C[C@@H]1C[C@H]2CC[C@H]1C2)Nc1ccc(Cl)c(C(F)(F)F)c1. The second-order valence-corrected chi connectivity index (χ2v) is 6.79. The second-order valence-electron chi connectivity index (χ2n) is 6.38. The van der Waals surface area contributed by atoms with E-state index in [1.165, 1.54) is 25.3 Å². The highest BCUT2D eigenvalue weighted by atomic mass is 35.5. The summed E-state index contributed by atoms with van der Waals surface area (Å²) in [5.74, 6) is 1.53. The Bertz CT molecular complexity index is 587. The van der Waals surface area contributed by atoms with Crippen molar-refractivity contribution in [2.45, 2.75) is 38.3 Å². The van der Waals surface area contributed by atoms with Crippen molar-refractivity contribution in [3.05, 3.63) is 28.8 Å². The molecule has 0 heterocycles. The molecule has 0 aliphatic heterocycles. The van der Waals surface area contributed by atoms with Crippen molar-refractivity contribution in [1.29, 1.82) is 0 Å². The number of carbonyl (C=O) groups is 1. The second kappa shape index (κ2) is 5.76. The number of alkyl halides is 3. The molecule has 2 nitrogen and oxygen atoms in total. The normalized spacial score (nSPS) is 27.2. The van der Waals surface area contributed by atoms with Gasteiger partial charge in [-0.3, -0.25) is 4.79 Å². The molecule has 1 amide bonds. The molecular weight excluding hydrogens is 315 g/mol. The first-order chi connectivity index (χ1) is 10.3. The molecule has 120 valence electrons. The van der Waals surface area contributed by atoms with Gasteiger partial charge in [0.1, 0.15) is 0 Å². The topological polar surface area (TPSA) is 29.1 Å². The fourth-order valence-corrected chi connectivity index (χ4v) is 4.12. The van der Waals surface area contributed by atoms with Crippen LogP contribution in [0.3, 0.4) is 0 Å². The molecule has 22 heavy (non-hydrogen) atoms. The molecule has 3 atom stereocenters. The lowest BCUT2D eigenvalue weighted by atomic mass is 9.86. The predicted octanol–water partition coefficient (Wildman–Crippen LogP) is 5.12. The van der Waals surface area contributed by atoms with Gasteiger partial charge in [-0.2, -0.15) is 13.2 Å². The lowest BCUT2D eigenvalue weighted by Gasteiger charge is -2.21. The van der Waals surface area contributed by atoms with Crippen molar-refractivity contribution >= 4 is 23.2 Å². The van der Waals surface area contributed by atoms with Crippen LogP contribution >= 0.6 is 11.6 Å².